The molecule has 0 aliphatic rings. The van der Waals surface area contributed by atoms with Gasteiger partial charge in [-0.05, 0) is 124 Å². The lowest BCUT2D eigenvalue weighted by atomic mass is 9.84. The first-order valence-corrected chi connectivity index (χ1v) is 16.4. The summed E-state index contributed by atoms with van der Waals surface area (Å²) in [5, 5.41) is 0. The van der Waals surface area contributed by atoms with Crippen molar-refractivity contribution >= 4 is 28.4 Å². The number of benzene rings is 4. The second-order valence-electron chi connectivity index (χ2n) is 13.8. The van der Waals surface area contributed by atoms with Gasteiger partial charge in [0, 0.05) is 28.8 Å². The molecule has 3 atom stereocenters. The molecular weight excluding hydrogens is 532 g/mol. The molecule has 0 aliphatic carbocycles. The van der Waals surface area contributed by atoms with Gasteiger partial charge in [0.25, 0.3) is 0 Å². The van der Waals surface area contributed by atoms with Gasteiger partial charge < -0.3 is 9.80 Å². The topological polar surface area (TPSA) is 6.48 Å². The van der Waals surface area contributed by atoms with Crippen molar-refractivity contribution in [3.63, 3.8) is 0 Å². The highest BCUT2D eigenvalue weighted by atomic mass is 15.2. The fourth-order valence-electron chi connectivity index (χ4n) is 6.72. The van der Waals surface area contributed by atoms with Crippen LogP contribution in [-0.4, -0.2) is 6.04 Å². The van der Waals surface area contributed by atoms with Gasteiger partial charge in [-0.25, -0.2) is 0 Å². The minimum Gasteiger partial charge on any atom is -0.338 e. The SMILES string of the molecule is C/C=C/C(C)[C@@H](CC)[C@H](C)N(c1ccc(C)cc1)c1ccc(N(c2ccc(C)cc2)c2c(C)cc(C(C)(C)C)cc2C)cc1. The van der Waals surface area contributed by atoms with Crippen LogP contribution in [0, 0.1) is 39.5 Å². The van der Waals surface area contributed by atoms with Gasteiger partial charge in [-0.15, -0.1) is 0 Å². The summed E-state index contributed by atoms with van der Waals surface area (Å²) in [5.74, 6) is 1.01. The number of aryl methyl sites for hydroxylation is 4. The lowest BCUT2D eigenvalue weighted by Crippen LogP contribution is -2.37. The highest BCUT2D eigenvalue weighted by molar-refractivity contribution is 5.82. The zero-order chi connectivity index (χ0) is 32.2. The van der Waals surface area contributed by atoms with E-state index in [0.29, 0.717) is 17.9 Å². The predicted octanol–water partition coefficient (Wildman–Crippen LogP) is 12.5. The van der Waals surface area contributed by atoms with Gasteiger partial charge in [-0.1, -0.05) is 101 Å². The Kier molecular flexibility index (Phi) is 10.5. The van der Waals surface area contributed by atoms with E-state index in [4.69, 9.17) is 0 Å². The third kappa shape index (κ3) is 7.29. The van der Waals surface area contributed by atoms with E-state index < -0.39 is 0 Å². The summed E-state index contributed by atoms with van der Waals surface area (Å²) >= 11 is 0. The molecule has 232 valence electrons. The third-order valence-corrected chi connectivity index (χ3v) is 9.24. The normalized spacial score (nSPS) is 14.0. The van der Waals surface area contributed by atoms with Crippen molar-refractivity contribution in [2.75, 3.05) is 9.80 Å². The maximum absolute atomic E-state index is 2.54. The molecule has 0 N–H and O–H groups in total. The van der Waals surface area contributed by atoms with Crippen LogP contribution < -0.4 is 9.80 Å². The molecule has 4 rings (SSSR count). The number of allylic oxidation sites excluding steroid dienone is 2. The molecule has 0 aliphatic heterocycles. The molecule has 0 heterocycles. The molecule has 2 heteroatoms. The van der Waals surface area contributed by atoms with Gasteiger partial charge in [0.1, 0.15) is 0 Å². The Morgan fingerprint density at radius 3 is 1.48 bits per heavy atom. The zero-order valence-corrected chi connectivity index (χ0v) is 29.1. The average Bonchev–Trinajstić information content (AvgIpc) is 2.97. The van der Waals surface area contributed by atoms with Crippen molar-refractivity contribution in [1.29, 1.82) is 0 Å². The summed E-state index contributed by atoms with van der Waals surface area (Å²) in [6.45, 7) is 24.9. The second-order valence-corrected chi connectivity index (χ2v) is 13.8. The van der Waals surface area contributed by atoms with E-state index in [-0.39, 0.29) is 5.41 Å². The number of hydrogen-bond donors (Lipinski definition) is 0. The number of anilines is 5. The van der Waals surface area contributed by atoms with Crippen LogP contribution in [-0.2, 0) is 5.41 Å². The van der Waals surface area contributed by atoms with E-state index in [1.165, 1.54) is 50.6 Å². The van der Waals surface area contributed by atoms with Crippen LogP contribution in [0.4, 0.5) is 28.4 Å². The van der Waals surface area contributed by atoms with Crippen molar-refractivity contribution in [3.05, 3.63) is 125 Å². The van der Waals surface area contributed by atoms with E-state index in [2.05, 4.69) is 183 Å². The lowest BCUT2D eigenvalue weighted by Gasteiger charge is -2.39. The molecule has 0 saturated heterocycles. The van der Waals surface area contributed by atoms with Crippen molar-refractivity contribution in [2.24, 2.45) is 11.8 Å². The molecule has 0 amide bonds. The van der Waals surface area contributed by atoms with Crippen LogP contribution in [0.2, 0.25) is 0 Å². The fourth-order valence-corrected chi connectivity index (χ4v) is 6.72. The number of nitrogens with zero attached hydrogens (tertiary/aromatic N) is 2. The standard InChI is InChI=1S/C42H54N2/c1-12-14-31(5)40(13-2)34(8)43(36-19-15-29(3)16-20-36)37-23-25-39(26-24-37)44(38-21-17-30(4)18-22-38)41-32(6)27-35(28-33(41)7)42(9,10)11/h12,14-28,31,34,40H,13H2,1-11H3/b14-12+/t31?,34-,40+/m0/s1. The molecule has 2 nitrogen and oxygen atoms in total. The number of rotatable bonds is 10. The summed E-state index contributed by atoms with van der Waals surface area (Å²) in [6.07, 6.45) is 5.68. The van der Waals surface area contributed by atoms with Gasteiger partial charge in [0.15, 0.2) is 0 Å². The fraction of sp³-hybridized carbons (Fsp3) is 0.381. The maximum atomic E-state index is 2.54. The zero-order valence-electron chi connectivity index (χ0n) is 29.1. The maximum Gasteiger partial charge on any atom is 0.0520 e. The minimum absolute atomic E-state index is 0.0985. The molecule has 0 bridgehead atoms. The monoisotopic (exact) mass is 586 g/mol. The van der Waals surface area contributed by atoms with Crippen molar-refractivity contribution in [3.8, 4) is 0 Å². The van der Waals surface area contributed by atoms with Crippen molar-refractivity contribution < 1.29 is 0 Å². The largest absolute Gasteiger partial charge is 0.338 e. The molecule has 0 aromatic heterocycles. The van der Waals surface area contributed by atoms with Crippen LogP contribution in [0.25, 0.3) is 0 Å². The van der Waals surface area contributed by atoms with E-state index >= 15 is 0 Å². The summed E-state index contributed by atoms with van der Waals surface area (Å²) < 4.78 is 0. The van der Waals surface area contributed by atoms with E-state index in [9.17, 15) is 0 Å². The molecule has 4 aromatic carbocycles. The third-order valence-electron chi connectivity index (χ3n) is 9.24. The van der Waals surface area contributed by atoms with E-state index in [0.717, 1.165) is 12.1 Å². The molecule has 0 radical (unpaired) electrons. The first kappa shape index (κ1) is 33.1. The van der Waals surface area contributed by atoms with Gasteiger partial charge in [-0.2, -0.15) is 0 Å². The Labute approximate surface area is 268 Å². The van der Waals surface area contributed by atoms with Gasteiger partial charge in [-0.3, -0.25) is 0 Å². The highest BCUT2D eigenvalue weighted by Gasteiger charge is 2.28. The van der Waals surface area contributed by atoms with Crippen LogP contribution in [0.3, 0.4) is 0 Å². The molecule has 1 unspecified atom stereocenters. The van der Waals surface area contributed by atoms with Crippen molar-refractivity contribution in [2.45, 2.75) is 94.0 Å². The minimum atomic E-state index is 0.0985. The van der Waals surface area contributed by atoms with Crippen LogP contribution in [0.1, 0.15) is 82.7 Å². The Hall–Kier alpha value is -3.78. The Balaban J connectivity index is 1.84. The summed E-state index contributed by atoms with van der Waals surface area (Å²) in [7, 11) is 0. The first-order valence-electron chi connectivity index (χ1n) is 16.4. The average molecular weight is 587 g/mol. The molecular formula is C42H54N2. The molecule has 0 saturated carbocycles. The van der Waals surface area contributed by atoms with Crippen molar-refractivity contribution in [1.82, 2.24) is 0 Å². The summed E-state index contributed by atoms with van der Waals surface area (Å²) in [4.78, 5) is 4.98. The summed E-state index contributed by atoms with van der Waals surface area (Å²) in [5.41, 5.74) is 12.6. The second kappa shape index (κ2) is 13.9. The van der Waals surface area contributed by atoms with Gasteiger partial charge >= 0.3 is 0 Å². The van der Waals surface area contributed by atoms with Gasteiger partial charge in [0.05, 0.1) is 5.69 Å². The van der Waals surface area contributed by atoms with Crippen LogP contribution in [0.5, 0.6) is 0 Å². The lowest BCUT2D eigenvalue weighted by molar-refractivity contribution is 0.346. The molecule has 44 heavy (non-hydrogen) atoms. The Morgan fingerprint density at radius 1 is 0.659 bits per heavy atom. The predicted molar refractivity (Wildman–Crippen MR) is 195 cm³/mol. The highest BCUT2D eigenvalue weighted by Crippen LogP contribution is 2.42. The molecule has 0 fully saturated rings. The van der Waals surface area contributed by atoms with E-state index in [1.807, 2.05) is 0 Å². The Bertz CT molecular complexity index is 1510. The number of hydrogen-bond acceptors (Lipinski definition) is 2. The van der Waals surface area contributed by atoms with Crippen LogP contribution in [0.15, 0.2) is 97.1 Å². The Morgan fingerprint density at radius 2 is 1.07 bits per heavy atom. The smallest absolute Gasteiger partial charge is 0.0520 e. The molecule has 4 aromatic rings. The quantitative estimate of drug-likeness (QED) is 0.171. The van der Waals surface area contributed by atoms with Gasteiger partial charge in [0.2, 0.25) is 0 Å². The first-order chi connectivity index (χ1) is 20.8. The molecule has 0 spiro atoms. The van der Waals surface area contributed by atoms with E-state index in [1.54, 1.807) is 0 Å². The summed E-state index contributed by atoms with van der Waals surface area (Å²) in [6, 6.07) is 32.2. The van der Waals surface area contributed by atoms with Crippen LogP contribution >= 0.6 is 0 Å².